The fraction of sp³-hybridized carbons (Fsp3) is 0.0556. The van der Waals surface area contributed by atoms with Gasteiger partial charge in [0.25, 0.3) is 0 Å². The Hall–Kier alpha value is -2.24. The second-order valence-corrected chi connectivity index (χ2v) is 5.66. The molecule has 0 aliphatic carbocycles. The van der Waals surface area contributed by atoms with Crippen molar-refractivity contribution in [1.29, 1.82) is 5.26 Å². The highest BCUT2D eigenvalue weighted by molar-refractivity contribution is 7.98. The summed E-state index contributed by atoms with van der Waals surface area (Å²) in [6.45, 7) is 0. The van der Waals surface area contributed by atoms with Crippen LogP contribution in [-0.4, -0.2) is 0 Å². The van der Waals surface area contributed by atoms with Crippen molar-refractivity contribution in [3.05, 3.63) is 77.9 Å². The minimum Gasteiger partial charge on any atom is -0.192 e. The normalized spacial score (nSPS) is 10.3. The van der Waals surface area contributed by atoms with Crippen LogP contribution in [0.5, 0.6) is 0 Å². The molecule has 0 aliphatic rings. The average molecular weight is 275 g/mol. The molecule has 0 atom stereocenters. The number of fused-ring (bicyclic) bond motifs is 1. The molecule has 0 bridgehead atoms. The van der Waals surface area contributed by atoms with Gasteiger partial charge in [-0.2, -0.15) is 5.26 Å². The molecule has 0 N–H and O–H groups in total. The Morgan fingerprint density at radius 3 is 2.55 bits per heavy atom. The van der Waals surface area contributed by atoms with E-state index in [4.69, 9.17) is 5.26 Å². The second-order valence-electron chi connectivity index (χ2n) is 4.61. The quantitative estimate of drug-likeness (QED) is 0.628. The van der Waals surface area contributed by atoms with Gasteiger partial charge in [-0.1, -0.05) is 42.5 Å². The molecule has 0 aromatic heterocycles. The molecule has 0 heterocycles. The van der Waals surface area contributed by atoms with E-state index in [0.29, 0.717) is 0 Å². The topological polar surface area (TPSA) is 23.8 Å². The number of nitrogens with zero attached hydrogens (tertiary/aromatic N) is 1. The third-order valence-electron chi connectivity index (χ3n) is 3.18. The first-order chi connectivity index (χ1) is 9.85. The number of thioether (sulfide) groups is 1. The Labute approximate surface area is 122 Å². The first-order valence-corrected chi connectivity index (χ1v) is 7.44. The van der Waals surface area contributed by atoms with Crippen LogP contribution >= 0.6 is 11.8 Å². The molecule has 0 unspecified atom stereocenters. The number of nitriles is 1. The van der Waals surface area contributed by atoms with Gasteiger partial charge >= 0.3 is 0 Å². The zero-order valence-corrected chi connectivity index (χ0v) is 11.7. The lowest BCUT2D eigenvalue weighted by Gasteiger charge is -2.04. The number of rotatable bonds is 3. The third-order valence-corrected chi connectivity index (χ3v) is 4.25. The van der Waals surface area contributed by atoms with E-state index < -0.39 is 0 Å². The molecule has 0 saturated carbocycles. The first-order valence-electron chi connectivity index (χ1n) is 6.46. The summed E-state index contributed by atoms with van der Waals surface area (Å²) in [5.74, 6) is 0.883. The van der Waals surface area contributed by atoms with Crippen molar-refractivity contribution < 1.29 is 0 Å². The smallest absolute Gasteiger partial charge is 0.0991 e. The Balaban J connectivity index is 1.78. The van der Waals surface area contributed by atoms with Crippen LogP contribution in [0.2, 0.25) is 0 Å². The maximum absolute atomic E-state index is 8.91. The van der Waals surface area contributed by atoms with Crippen molar-refractivity contribution in [2.24, 2.45) is 0 Å². The summed E-state index contributed by atoms with van der Waals surface area (Å²) in [5.41, 5.74) is 1.91. The Bertz CT molecular complexity index is 787. The molecule has 0 radical (unpaired) electrons. The van der Waals surface area contributed by atoms with Gasteiger partial charge in [-0.15, -0.1) is 11.8 Å². The van der Waals surface area contributed by atoms with Crippen LogP contribution in [0.25, 0.3) is 10.8 Å². The van der Waals surface area contributed by atoms with Gasteiger partial charge in [0.15, 0.2) is 0 Å². The molecule has 3 aromatic rings. The summed E-state index contributed by atoms with van der Waals surface area (Å²) in [4.78, 5) is 1.26. The van der Waals surface area contributed by atoms with E-state index in [9.17, 15) is 0 Å². The predicted octanol–water partition coefficient (Wildman–Crippen LogP) is 5.00. The fourth-order valence-electron chi connectivity index (χ4n) is 2.15. The van der Waals surface area contributed by atoms with Gasteiger partial charge < -0.3 is 0 Å². The molecule has 0 fully saturated rings. The van der Waals surface area contributed by atoms with Crippen molar-refractivity contribution >= 4 is 22.5 Å². The molecule has 0 saturated heterocycles. The van der Waals surface area contributed by atoms with Gasteiger partial charge in [0.1, 0.15) is 0 Å². The molecular weight excluding hydrogens is 262 g/mol. The average Bonchev–Trinajstić information content (AvgIpc) is 2.53. The molecule has 1 nitrogen and oxygen atoms in total. The highest BCUT2D eigenvalue weighted by atomic mass is 32.2. The van der Waals surface area contributed by atoms with Gasteiger partial charge in [-0.05, 0) is 40.6 Å². The van der Waals surface area contributed by atoms with E-state index in [2.05, 4.69) is 54.6 Å². The molecule has 3 rings (SSSR count). The van der Waals surface area contributed by atoms with Crippen molar-refractivity contribution in [1.82, 2.24) is 0 Å². The van der Waals surface area contributed by atoms with Gasteiger partial charge in [0, 0.05) is 10.6 Å². The summed E-state index contributed by atoms with van der Waals surface area (Å²) < 4.78 is 0. The van der Waals surface area contributed by atoms with E-state index in [1.54, 1.807) is 11.8 Å². The minimum atomic E-state index is 0.724. The molecule has 0 aliphatic heterocycles. The van der Waals surface area contributed by atoms with Crippen molar-refractivity contribution in [2.45, 2.75) is 10.6 Å². The fourth-order valence-corrected chi connectivity index (χ4v) is 3.04. The molecule has 3 aromatic carbocycles. The number of benzene rings is 3. The van der Waals surface area contributed by atoms with Gasteiger partial charge in [-0.25, -0.2) is 0 Å². The largest absolute Gasteiger partial charge is 0.192 e. The predicted molar refractivity (Wildman–Crippen MR) is 84.7 cm³/mol. The molecule has 96 valence electrons. The monoisotopic (exact) mass is 275 g/mol. The van der Waals surface area contributed by atoms with E-state index in [-0.39, 0.29) is 0 Å². The third kappa shape index (κ3) is 2.84. The lowest BCUT2D eigenvalue weighted by Crippen LogP contribution is -1.83. The second kappa shape index (κ2) is 5.81. The zero-order chi connectivity index (χ0) is 13.8. The van der Waals surface area contributed by atoms with Gasteiger partial charge in [0.2, 0.25) is 0 Å². The summed E-state index contributed by atoms with van der Waals surface area (Å²) in [6, 6.07) is 24.9. The van der Waals surface area contributed by atoms with Crippen molar-refractivity contribution in [3.63, 3.8) is 0 Å². The maximum Gasteiger partial charge on any atom is 0.0991 e. The van der Waals surface area contributed by atoms with Gasteiger partial charge in [0.05, 0.1) is 11.6 Å². The standard InChI is InChI=1S/C18H13NS/c19-12-14-4-3-5-15(10-14)13-20-18-9-8-16-6-1-2-7-17(16)11-18/h1-11H,13H2. The molecule has 2 heteroatoms. The van der Waals surface area contributed by atoms with Crippen LogP contribution in [0.15, 0.2) is 71.6 Å². The molecular formula is C18H13NS. The van der Waals surface area contributed by atoms with E-state index >= 15 is 0 Å². The molecule has 0 spiro atoms. The van der Waals surface area contributed by atoms with Crippen molar-refractivity contribution in [2.75, 3.05) is 0 Å². The lowest BCUT2D eigenvalue weighted by molar-refractivity contribution is 1.37. The Morgan fingerprint density at radius 1 is 0.850 bits per heavy atom. The van der Waals surface area contributed by atoms with Crippen LogP contribution in [-0.2, 0) is 5.75 Å². The lowest BCUT2D eigenvalue weighted by atomic mass is 10.1. The molecule has 20 heavy (non-hydrogen) atoms. The maximum atomic E-state index is 8.91. The number of hydrogen-bond acceptors (Lipinski definition) is 2. The van der Waals surface area contributed by atoms with E-state index in [1.165, 1.54) is 21.2 Å². The first kappa shape index (κ1) is 12.8. The van der Waals surface area contributed by atoms with Crippen molar-refractivity contribution in [3.8, 4) is 6.07 Å². The van der Waals surface area contributed by atoms with Crippen LogP contribution in [0, 0.1) is 11.3 Å². The zero-order valence-electron chi connectivity index (χ0n) is 10.9. The minimum absolute atomic E-state index is 0.724. The van der Waals surface area contributed by atoms with Crippen LogP contribution in [0.3, 0.4) is 0 Å². The Morgan fingerprint density at radius 2 is 1.70 bits per heavy atom. The van der Waals surface area contributed by atoms with Crippen LogP contribution in [0.4, 0.5) is 0 Å². The Kier molecular flexibility index (Phi) is 3.71. The summed E-state index contributed by atoms with van der Waals surface area (Å²) in [7, 11) is 0. The van der Waals surface area contributed by atoms with Gasteiger partial charge in [-0.3, -0.25) is 0 Å². The summed E-state index contributed by atoms with van der Waals surface area (Å²) in [6.07, 6.45) is 0. The SMILES string of the molecule is N#Cc1cccc(CSc2ccc3ccccc3c2)c1. The van der Waals surface area contributed by atoms with Crippen LogP contribution < -0.4 is 0 Å². The van der Waals surface area contributed by atoms with E-state index in [0.717, 1.165) is 11.3 Å². The van der Waals surface area contributed by atoms with Crippen LogP contribution in [0.1, 0.15) is 11.1 Å². The number of hydrogen-bond donors (Lipinski definition) is 0. The molecule has 0 amide bonds. The highest BCUT2D eigenvalue weighted by Gasteiger charge is 1.99. The summed E-state index contributed by atoms with van der Waals surface area (Å²) in [5, 5.41) is 11.4. The summed E-state index contributed by atoms with van der Waals surface area (Å²) >= 11 is 1.80. The van der Waals surface area contributed by atoms with E-state index in [1.807, 2.05) is 18.2 Å². The highest BCUT2D eigenvalue weighted by Crippen LogP contribution is 2.26.